The molecule has 1 saturated heterocycles. The molecule has 0 bridgehead atoms. The van der Waals surface area contributed by atoms with Crippen molar-refractivity contribution in [3.8, 4) is 11.5 Å². The van der Waals surface area contributed by atoms with Crippen LogP contribution in [0.25, 0.3) is 11.2 Å². The van der Waals surface area contributed by atoms with Crippen LogP contribution in [0.1, 0.15) is 17.4 Å². The standard InChI is InChI=1S/C26H28N6O6/c1-36-17-8-7-15(11-18(17)37-12-16-5-3-2-4-6-16)9-10-28-23-20-24(30-13-29-23)32(14-31-20)25-21(33)19(27)22(38-25)26(34)35/h2-8,11,13-14,19,21-22,25,33H,9-10,12,27H2,1H3,(H,34,35)(H,28,29,30)/t19-,21+,22-,25+/m0/s1. The van der Waals surface area contributed by atoms with E-state index in [4.69, 9.17) is 19.9 Å². The minimum atomic E-state index is -1.34. The molecule has 1 aliphatic rings. The Labute approximate surface area is 218 Å². The summed E-state index contributed by atoms with van der Waals surface area (Å²) in [6.07, 6.45) is -0.160. The van der Waals surface area contributed by atoms with Crippen LogP contribution in [-0.4, -0.2) is 67.6 Å². The van der Waals surface area contributed by atoms with Crippen LogP contribution in [0.15, 0.2) is 61.2 Å². The number of nitrogens with one attached hydrogen (secondary N) is 1. The Hall–Kier alpha value is -4.26. The number of carboxylic acids is 1. The molecule has 4 aromatic rings. The predicted molar refractivity (Wildman–Crippen MR) is 137 cm³/mol. The van der Waals surface area contributed by atoms with Gasteiger partial charge in [-0.15, -0.1) is 0 Å². The predicted octanol–water partition coefficient (Wildman–Crippen LogP) is 1.74. The van der Waals surface area contributed by atoms with Crippen LogP contribution in [0, 0.1) is 0 Å². The smallest absolute Gasteiger partial charge is 0.334 e. The minimum Gasteiger partial charge on any atom is -0.493 e. The molecule has 2 aromatic carbocycles. The van der Waals surface area contributed by atoms with E-state index in [1.165, 1.54) is 17.2 Å². The molecular weight excluding hydrogens is 492 g/mol. The van der Waals surface area contributed by atoms with Crippen LogP contribution >= 0.6 is 0 Å². The summed E-state index contributed by atoms with van der Waals surface area (Å²) in [5.74, 6) is 0.564. The third-order valence-electron chi connectivity index (χ3n) is 6.37. The first kappa shape index (κ1) is 25.4. The van der Waals surface area contributed by atoms with Gasteiger partial charge in [0.25, 0.3) is 0 Å². The molecule has 5 N–H and O–H groups in total. The Bertz CT molecular complexity index is 1410. The van der Waals surface area contributed by atoms with Crippen molar-refractivity contribution in [1.82, 2.24) is 19.5 Å². The van der Waals surface area contributed by atoms with Crippen molar-refractivity contribution in [3.63, 3.8) is 0 Å². The molecule has 5 rings (SSSR count). The van der Waals surface area contributed by atoms with Gasteiger partial charge in [0.1, 0.15) is 19.0 Å². The number of aliphatic hydroxyl groups is 1. The summed E-state index contributed by atoms with van der Waals surface area (Å²) in [6, 6.07) is 14.6. The van der Waals surface area contributed by atoms with E-state index in [2.05, 4.69) is 20.3 Å². The molecule has 0 unspecified atom stereocenters. The van der Waals surface area contributed by atoms with Gasteiger partial charge in [-0.05, 0) is 29.7 Å². The molecule has 38 heavy (non-hydrogen) atoms. The van der Waals surface area contributed by atoms with Crippen LogP contribution in [0.4, 0.5) is 5.82 Å². The molecule has 0 spiro atoms. The normalized spacial score (nSPS) is 20.9. The zero-order chi connectivity index (χ0) is 26.6. The van der Waals surface area contributed by atoms with E-state index in [-0.39, 0.29) is 0 Å². The molecule has 3 heterocycles. The van der Waals surface area contributed by atoms with Gasteiger partial charge in [-0.2, -0.15) is 0 Å². The van der Waals surface area contributed by atoms with Crippen LogP contribution in [0.2, 0.25) is 0 Å². The van der Waals surface area contributed by atoms with E-state index >= 15 is 0 Å². The van der Waals surface area contributed by atoms with Crippen molar-refractivity contribution >= 4 is 23.0 Å². The van der Waals surface area contributed by atoms with Gasteiger partial charge in [-0.25, -0.2) is 19.7 Å². The molecule has 1 fully saturated rings. The minimum absolute atomic E-state index is 0.380. The number of carboxylic acid groups (broad SMARTS) is 1. The average molecular weight is 521 g/mol. The van der Waals surface area contributed by atoms with E-state index < -0.39 is 30.4 Å². The number of fused-ring (bicyclic) bond motifs is 1. The van der Waals surface area contributed by atoms with Crippen LogP contribution in [0.3, 0.4) is 0 Å². The number of aliphatic carboxylic acids is 1. The number of rotatable bonds is 10. The molecule has 2 aromatic heterocycles. The molecule has 0 saturated carbocycles. The highest BCUT2D eigenvalue weighted by Crippen LogP contribution is 2.32. The van der Waals surface area contributed by atoms with Gasteiger partial charge in [0.05, 0.1) is 19.5 Å². The monoisotopic (exact) mass is 520 g/mol. The lowest BCUT2D eigenvalue weighted by molar-refractivity contribution is -0.152. The molecule has 1 aliphatic heterocycles. The maximum atomic E-state index is 11.4. The highest BCUT2D eigenvalue weighted by atomic mass is 16.6. The molecule has 0 radical (unpaired) electrons. The zero-order valence-corrected chi connectivity index (χ0v) is 20.6. The number of benzene rings is 2. The summed E-state index contributed by atoms with van der Waals surface area (Å²) in [6.45, 7) is 0.968. The number of imidazole rings is 1. The van der Waals surface area contributed by atoms with Gasteiger partial charge in [0.2, 0.25) is 0 Å². The number of nitrogens with two attached hydrogens (primary N) is 1. The maximum absolute atomic E-state index is 11.4. The number of aromatic nitrogens is 4. The zero-order valence-electron chi connectivity index (χ0n) is 20.6. The topological polar surface area (TPSA) is 167 Å². The molecule has 12 nitrogen and oxygen atoms in total. The SMILES string of the molecule is COc1ccc(CCNc2ncnc3c2ncn3[C@@H]2O[C@H](C(=O)O)[C@@H](N)[C@H]2O)cc1OCc1ccccc1. The Morgan fingerprint density at radius 1 is 1.13 bits per heavy atom. The summed E-state index contributed by atoms with van der Waals surface area (Å²) in [5, 5.41) is 23.0. The van der Waals surface area contributed by atoms with E-state index in [0.29, 0.717) is 48.1 Å². The van der Waals surface area contributed by atoms with Gasteiger partial charge in [0.15, 0.2) is 40.8 Å². The Kier molecular flexibility index (Phi) is 7.36. The lowest BCUT2D eigenvalue weighted by atomic mass is 10.1. The van der Waals surface area contributed by atoms with E-state index in [0.717, 1.165) is 11.1 Å². The number of ether oxygens (including phenoxy) is 3. The number of anilines is 1. The number of hydrogen-bond acceptors (Lipinski definition) is 10. The molecule has 4 atom stereocenters. The van der Waals surface area contributed by atoms with Crippen LogP contribution < -0.4 is 20.5 Å². The number of nitrogens with zero attached hydrogens (tertiary/aromatic N) is 4. The first-order valence-corrected chi connectivity index (χ1v) is 12.0. The highest BCUT2D eigenvalue weighted by Gasteiger charge is 2.46. The Balaban J connectivity index is 1.26. The highest BCUT2D eigenvalue weighted by molar-refractivity contribution is 5.82. The van der Waals surface area contributed by atoms with Crippen LogP contribution in [-0.2, 0) is 22.6 Å². The van der Waals surface area contributed by atoms with E-state index in [1.54, 1.807) is 7.11 Å². The van der Waals surface area contributed by atoms with Gasteiger partial charge in [0, 0.05) is 6.54 Å². The molecular formula is C26H28N6O6. The quantitative estimate of drug-likeness (QED) is 0.240. The van der Waals surface area contributed by atoms with Crippen molar-refractivity contribution in [2.45, 2.75) is 37.5 Å². The first-order chi connectivity index (χ1) is 18.5. The van der Waals surface area contributed by atoms with E-state index in [9.17, 15) is 15.0 Å². The second-order valence-electron chi connectivity index (χ2n) is 8.84. The lowest BCUT2D eigenvalue weighted by Gasteiger charge is -2.16. The maximum Gasteiger partial charge on any atom is 0.334 e. The van der Waals surface area contributed by atoms with Crippen molar-refractivity contribution in [3.05, 3.63) is 72.3 Å². The first-order valence-electron chi connectivity index (χ1n) is 12.0. The molecule has 198 valence electrons. The van der Waals surface area contributed by atoms with E-state index in [1.807, 2.05) is 48.5 Å². The fraction of sp³-hybridized carbons (Fsp3) is 0.308. The molecule has 0 aliphatic carbocycles. The number of aliphatic hydroxyl groups excluding tert-OH is 1. The van der Waals surface area contributed by atoms with Crippen molar-refractivity contribution < 1.29 is 29.2 Å². The third-order valence-corrected chi connectivity index (χ3v) is 6.37. The lowest BCUT2D eigenvalue weighted by Crippen LogP contribution is -2.43. The Morgan fingerprint density at radius 2 is 1.95 bits per heavy atom. The number of methoxy groups -OCH3 is 1. The summed E-state index contributed by atoms with van der Waals surface area (Å²) in [5.41, 5.74) is 8.77. The second kappa shape index (κ2) is 11.0. The second-order valence-corrected chi connectivity index (χ2v) is 8.84. The molecule has 12 heteroatoms. The average Bonchev–Trinajstić information content (AvgIpc) is 3.49. The van der Waals surface area contributed by atoms with Gasteiger partial charge in [-0.3, -0.25) is 4.57 Å². The largest absolute Gasteiger partial charge is 0.493 e. The number of carbonyl (C=O) groups is 1. The summed E-state index contributed by atoms with van der Waals surface area (Å²) < 4.78 is 18.4. The molecule has 0 amide bonds. The summed E-state index contributed by atoms with van der Waals surface area (Å²) in [7, 11) is 1.61. The Morgan fingerprint density at radius 3 is 2.68 bits per heavy atom. The van der Waals surface area contributed by atoms with Crippen molar-refractivity contribution in [2.75, 3.05) is 19.0 Å². The van der Waals surface area contributed by atoms with Gasteiger partial charge < -0.3 is 35.5 Å². The fourth-order valence-electron chi connectivity index (χ4n) is 4.36. The van der Waals surface area contributed by atoms with Crippen molar-refractivity contribution in [2.24, 2.45) is 5.73 Å². The van der Waals surface area contributed by atoms with Gasteiger partial charge >= 0.3 is 5.97 Å². The fourth-order valence-corrected chi connectivity index (χ4v) is 4.36. The third kappa shape index (κ3) is 5.09. The van der Waals surface area contributed by atoms with Gasteiger partial charge in [-0.1, -0.05) is 36.4 Å². The van der Waals surface area contributed by atoms with Crippen LogP contribution in [0.5, 0.6) is 11.5 Å². The summed E-state index contributed by atoms with van der Waals surface area (Å²) in [4.78, 5) is 24.3. The number of hydrogen-bond donors (Lipinski definition) is 4. The summed E-state index contributed by atoms with van der Waals surface area (Å²) >= 11 is 0. The van der Waals surface area contributed by atoms with Crippen molar-refractivity contribution in [1.29, 1.82) is 0 Å².